The first-order valence-corrected chi connectivity index (χ1v) is 12.5. The van der Waals surface area contributed by atoms with Crippen LogP contribution in [0.5, 0.6) is 5.75 Å². The average Bonchev–Trinajstić information content (AvgIpc) is 3.08. The van der Waals surface area contributed by atoms with Gasteiger partial charge in [0.25, 0.3) is 5.69 Å². The van der Waals surface area contributed by atoms with Gasteiger partial charge in [0.1, 0.15) is 10.6 Å². The summed E-state index contributed by atoms with van der Waals surface area (Å²) in [5.41, 5.74) is 1.30. The number of thioether (sulfide) groups is 1. The van der Waals surface area contributed by atoms with Crippen LogP contribution in [-0.2, 0) is 27.1 Å². The molecule has 0 aliphatic carbocycles. The molecule has 9 nitrogen and oxygen atoms in total. The largest absolute Gasteiger partial charge is 0.467 e. The summed E-state index contributed by atoms with van der Waals surface area (Å²) < 4.78 is 38.1. The molecular formula is C20H23N3O6S2. The second-order valence-electron chi connectivity index (χ2n) is 7.40. The van der Waals surface area contributed by atoms with Crippen LogP contribution in [-0.4, -0.2) is 42.5 Å². The van der Waals surface area contributed by atoms with Gasteiger partial charge in [-0.15, -0.1) is 11.8 Å². The number of nitro groups is 1. The summed E-state index contributed by atoms with van der Waals surface area (Å²) in [4.78, 5) is 15.3. The SMILES string of the molecule is O=[N+]([O-])c1cc2c(c(CSc3ccc(S(=O)(=O)N4CCCCCC4)cn3)c1)OCOC2. The number of ether oxygens (including phenoxy) is 2. The summed E-state index contributed by atoms with van der Waals surface area (Å²) in [6, 6.07) is 6.20. The standard InChI is InChI=1S/C20H23N3O6S2/c24-23(25)17-9-15-12-28-14-29-20(15)16(10-17)13-30-19-6-5-18(11-21-19)31(26,27)22-7-3-1-2-4-8-22/h5-6,9-11H,1-4,7-8,12-14H2. The normalized spacial score (nSPS) is 17.4. The fourth-order valence-corrected chi connectivity index (χ4v) is 5.95. The zero-order chi connectivity index (χ0) is 21.8. The van der Waals surface area contributed by atoms with E-state index in [2.05, 4.69) is 4.98 Å². The Bertz CT molecular complexity index is 1050. The van der Waals surface area contributed by atoms with E-state index in [0.29, 0.717) is 40.7 Å². The molecule has 0 bridgehead atoms. The zero-order valence-electron chi connectivity index (χ0n) is 16.9. The maximum atomic E-state index is 12.9. The third-order valence-electron chi connectivity index (χ3n) is 5.27. The quantitative estimate of drug-likeness (QED) is 0.360. The first kappa shape index (κ1) is 22.0. The van der Waals surface area contributed by atoms with Crippen molar-refractivity contribution in [3.05, 3.63) is 51.7 Å². The van der Waals surface area contributed by atoms with Gasteiger partial charge in [-0.2, -0.15) is 4.31 Å². The van der Waals surface area contributed by atoms with Crippen molar-refractivity contribution in [1.82, 2.24) is 9.29 Å². The minimum atomic E-state index is -3.54. The molecule has 0 saturated carbocycles. The first-order valence-electron chi connectivity index (χ1n) is 10.0. The predicted molar refractivity (Wildman–Crippen MR) is 114 cm³/mol. The molecule has 1 saturated heterocycles. The molecular weight excluding hydrogens is 442 g/mol. The van der Waals surface area contributed by atoms with Gasteiger partial charge < -0.3 is 9.47 Å². The molecule has 0 atom stereocenters. The molecule has 3 heterocycles. The minimum absolute atomic E-state index is 0.0182. The van der Waals surface area contributed by atoms with Gasteiger partial charge in [0, 0.05) is 48.3 Å². The lowest BCUT2D eigenvalue weighted by molar-refractivity contribution is -0.385. The molecule has 166 valence electrons. The molecule has 1 aromatic heterocycles. The lowest BCUT2D eigenvalue weighted by Crippen LogP contribution is -2.32. The van der Waals surface area contributed by atoms with Crippen molar-refractivity contribution < 1.29 is 22.8 Å². The molecule has 1 fully saturated rings. The van der Waals surface area contributed by atoms with Crippen molar-refractivity contribution in [2.45, 2.75) is 48.0 Å². The van der Waals surface area contributed by atoms with Crippen LogP contribution in [0.3, 0.4) is 0 Å². The second-order valence-corrected chi connectivity index (χ2v) is 10.3. The van der Waals surface area contributed by atoms with Gasteiger partial charge in [0.15, 0.2) is 6.79 Å². The maximum absolute atomic E-state index is 12.9. The molecule has 0 N–H and O–H groups in total. The van der Waals surface area contributed by atoms with Crippen LogP contribution in [0, 0.1) is 10.1 Å². The van der Waals surface area contributed by atoms with Crippen LogP contribution in [0.4, 0.5) is 5.69 Å². The van der Waals surface area contributed by atoms with E-state index in [4.69, 9.17) is 9.47 Å². The van der Waals surface area contributed by atoms with Crippen LogP contribution in [0.2, 0.25) is 0 Å². The van der Waals surface area contributed by atoms with E-state index in [-0.39, 0.29) is 24.0 Å². The molecule has 11 heteroatoms. The Morgan fingerprint density at radius 3 is 2.61 bits per heavy atom. The number of rotatable bonds is 6. The van der Waals surface area contributed by atoms with Crippen molar-refractivity contribution in [3.8, 4) is 5.75 Å². The van der Waals surface area contributed by atoms with E-state index in [1.54, 1.807) is 16.4 Å². The fourth-order valence-electron chi connectivity index (χ4n) is 3.68. The molecule has 0 radical (unpaired) electrons. The molecule has 0 spiro atoms. The number of hydrogen-bond donors (Lipinski definition) is 0. The van der Waals surface area contributed by atoms with E-state index in [9.17, 15) is 18.5 Å². The maximum Gasteiger partial charge on any atom is 0.270 e. The second kappa shape index (κ2) is 9.51. The van der Waals surface area contributed by atoms with Crippen molar-refractivity contribution in [1.29, 1.82) is 0 Å². The molecule has 4 rings (SSSR count). The van der Waals surface area contributed by atoms with Crippen LogP contribution in [0.25, 0.3) is 0 Å². The predicted octanol–water partition coefficient (Wildman–Crippen LogP) is 3.71. The lowest BCUT2D eigenvalue weighted by Gasteiger charge is -2.20. The Hall–Kier alpha value is -2.21. The molecule has 2 aliphatic rings. The number of aromatic nitrogens is 1. The Morgan fingerprint density at radius 2 is 1.94 bits per heavy atom. The number of fused-ring (bicyclic) bond motifs is 1. The smallest absolute Gasteiger partial charge is 0.270 e. The average molecular weight is 466 g/mol. The van der Waals surface area contributed by atoms with Gasteiger partial charge >= 0.3 is 0 Å². The first-order chi connectivity index (χ1) is 14.9. The van der Waals surface area contributed by atoms with Crippen LogP contribution < -0.4 is 4.74 Å². The third-order valence-corrected chi connectivity index (χ3v) is 8.14. The molecule has 1 aromatic carbocycles. The number of pyridine rings is 1. The number of nitro benzene ring substituents is 1. The van der Waals surface area contributed by atoms with Crippen LogP contribution in [0.1, 0.15) is 36.8 Å². The van der Waals surface area contributed by atoms with Crippen molar-refractivity contribution in [3.63, 3.8) is 0 Å². The zero-order valence-corrected chi connectivity index (χ0v) is 18.5. The van der Waals surface area contributed by atoms with E-state index in [0.717, 1.165) is 25.7 Å². The van der Waals surface area contributed by atoms with Crippen molar-refractivity contribution in [2.24, 2.45) is 0 Å². The number of hydrogen-bond acceptors (Lipinski definition) is 8. The highest BCUT2D eigenvalue weighted by Crippen LogP contribution is 2.36. The molecule has 31 heavy (non-hydrogen) atoms. The van der Waals surface area contributed by atoms with E-state index in [1.807, 2.05) is 0 Å². The number of non-ortho nitro benzene ring substituents is 1. The van der Waals surface area contributed by atoms with Gasteiger partial charge in [0.2, 0.25) is 10.0 Å². The Labute approximate surface area is 185 Å². The lowest BCUT2D eigenvalue weighted by atomic mass is 10.1. The van der Waals surface area contributed by atoms with E-state index < -0.39 is 14.9 Å². The highest BCUT2D eigenvalue weighted by molar-refractivity contribution is 7.98. The summed E-state index contributed by atoms with van der Waals surface area (Å²) in [5, 5.41) is 11.9. The van der Waals surface area contributed by atoms with Gasteiger partial charge in [-0.1, -0.05) is 12.8 Å². The summed E-state index contributed by atoms with van der Waals surface area (Å²) in [6.45, 7) is 1.45. The summed E-state index contributed by atoms with van der Waals surface area (Å²) >= 11 is 1.36. The molecule has 2 aromatic rings. The summed E-state index contributed by atoms with van der Waals surface area (Å²) in [7, 11) is -3.54. The van der Waals surface area contributed by atoms with Gasteiger partial charge in [-0.3, -0.25) is 10.1 Å². The number of nitrogens with zero attached hydrogens (tertiary/aromatic N) is 3. The Balaban J connectivity index is 1.49. The number of benzene rings is 1. The van der Waals surface area contributed by atoms with Gasteiger partial charge in [-0.25, -0.2) is 13.4 Å². The highest BCUT2D eigenvalue weighted by Gasteiger charge is 2.26. The summed E-state index contributed by atoms with van der Waals surface area (Å²) in [5.74, 6) is 1.000. The molecule has 2 aliphatic heterocycles. The summed E-state index contributed by atoms with van der Waals surface area (Å²) in [6.07, 6.45) is 5.24. The van der Waals surface area contributed by atoms with E-state index >= 15 is 0 Å². The van der Waals surface area contributed by atoms with Crippen molar-refractivity contribution >= 4 is 27.5 Å². The Morgan fingerprint density at radius 1 is 1.16 bits per heavy atom. The highest BCUT2D eigenvalue weighted by atomic mass is 32.2. The fraction of sp³-hybridized carbons (Fsp3) is 0.450. The van der Waals surface area contributed by atoms with Crippen molar-refractivity contribution in [2.75, 3.05) is 19.9 Å². The monoisotopic (exact) mass is 465 g/mol. The number of sulfonamides is 1. The van der Waals surface area contributed by atoms with Crippen LogP contribution in [0.15, 0.2) is 40.4 Å². The Kier molecular flexibility index (Phi) is 6.75. The topological polar surface area (TPSA) is 112 Å². The van der Waals surface area contributed by atoms with Crippen LogP contribution >= 0.6 is 11.8 Å². The van der Waals surface area contributed by atoms with Gasteiger partial charge in [-0.05, 0) is 25.0 Å². The molecule has 0 unspecified atom stereocenters. The molecule has 0 amide bonds. The minimum Gasteiger partial charge on any atom is -0.467 e. The van der Waals surface area contributed by atoms with Gasteiger partial charge in [0.05, 0.1) is 16.6 Å². The third kappa shape index (κ3) is 5.00. The van der Waals surface area contributed by atoms with E-state index in [1.165, 1.54) is 30.1 Å².